The molecule has 0 spiro atoms. The van der Waals surface area contributed by atoms with Crippen molar-refractivity contribution < 1.29 is 17.5 Å². The highest BCUT2D eigenvalue weighted by Gasteiger charge is 2.31. The van der Waals surface area contributed by atoms with E-state index >= 15 is 0 Å². The highest BCUT2D eigenvalue weighted by Crippen LogP contribution is 2.23. The summed E-state index contributed by atoms with van der Waals surface area (Å²) in [5.74, 6) is 0.284. The van der Waals surface area contributed by atoms with E-state index in [4.69, 9.17) is 4.74 Å². The van der Waals surface area contributed by atoms with Gasteiger partial charge in [-0.05, 0) is 49.2 Å². The van der Waals surface area contributed by atoms with Gasteiger partial charge in [0.15, 0.2) is 0 Å². The number of piperidine rings is 1. The van der Waals surface area contributed by atoms with Crippen molar-refractivity contribution in [2.24, 2.45) is 0 Å². The van der Waals surface area contributed by atoms with Gasteiger partial charge in [0.25, 0.3) is 0 Å². The third kappa shape index (κ3) is 3.71. The van der Waals surface area contributed by atoms with Gasteiger partial charge in [0, 0.05) is 6.54 Å². The SMILES string of the molecule is O=S(=O)(c1ccc(F)cc1)N1CCCC(Oc2ccccc2)C1. The lowest BCUT2D eigenvalue weighted by Crippen LogP contribution is -2.44. The molecule has 1 saturated heterocycles. The molecule has 1 atom stereocenters. The van der Waals surface area contributed by atoms with Crippen LogP contribution in [0.4, 0.5) is 4.39 Å². The predicted molar refractivity (Wildman–Crippen MR) is 85.3 cm³/mol. The molecule has 4 nitrogen and oxygen atoms in total. The number of hydrogen-bond donors (Lipinski definition) is 0. The normalized spacial score (nSPS) is 19.4. The van der Waals surface area contributed by atoms with Crippen LogP contribution in [0.25, 0.3) is 0 Å². The van der Waals surface area contributed by atoms with Crippen molar-refractivity contribution in [3.63, 3.8) is 0 Å². The summed E-state index contributed by atoms with van der Waals surface area (Å²) < 4.78 is 45.6. The van der Waals surface area contributed by atoms with Gasteiger partial charge in [-0.2, -0.15) is 4.31 Å². The lowest BCUT2D eigenvalue weighted by Gasteiger charge is -2.32. The van der Waals surface area contributed by atoms with Crippen LogP contribution in [-0.2, 0) is 10.0 Å². The van der Waals surface area contributed by atoms with Gasteiger partial charge in [-0.3, -0.25) is 0 Å². The van der Waals surface area contributed by atoms with Crippen LogP contribution >= 0.6 is 0 Å². The number of rotatable bonds is 4. The molecule has 0 aromatic heterocycles. The number of benzene rings is 2. The van der Waals surface area contributed by atoms with Crippen molar-refractivity contribution >= 4 is 10.0 Å². The fourth-order valence-electron chi connectivity index (χ4n) is 2.67. The maximum absolute atomic E-state index is 13.0. The Kier molecular flexibility index (Phi) is 4.63. The van der Waals surface area contributed by atoms with Gasteiger partial charge in [-0.1, -0.05) is 18.2 Å². The maximum Gasteiger partial charge on any atom is 0.243 e. The van der Waals surface area contributed by atoms with Crippen LogP contribution in [0.2, 0.25) is 0 Å². The zero-order valence-corrected chi connectivity index (χ0v) is 13.4. The summed E-state index contributed by atoms with van der Waals surface area (Å²) in [7, 11) is -3.62. The van der Waals surface area contributed by atoms with Crippen LogP contribution in [0.1, 0.15) is 12.8 Å². The van der Waals surface area contributed by atoms with E-state index in [0.29, 0.717) is 13.1 Å². The van der Waals surface area contributed by atoms with E-state index in [1.165, 1.54) is 16.4 Å². The number of para-hydroxylation sites is 1. The topological polar surface area (TPSA) is 46.6 Å². The zero-order chi connectivity index (χ0) is 16.3. The molecule has 1 heterocycles. The quantitative estimate of drug-likeness (QED) is 0.863. The molecule has 2 aromatic carbocycles. The smallest absolute Gasteiger partial charge is 0.243 e. The summed E-state index contributed by atoms with van der Waals surface area (Å²) in [4.78, 5) is 0.110. The Hall–Kier alpha value is -1.92. The summed E-state index contributed by atoms with van der Waals surface area (Å²) in [5, 5.41) is 0. The molecule has 23 heavy (non-hydrogen) atoms. The van der Waals surface area contributed by atoms with E-state index in [2.05, 4.69) is 0 Å². The van der Waals surface area contributed by atoms with Crippen molar-refractivity contribution in [2.75, 3.05) is 13.1 Å². The minimum Gasteiger partial charge on any atom is -0.489 e. The molecule has 0 radical (unpaired) electrons. The van der Waals surface area contributed by atoms with E-state index < -0.39 is 15.8 Å². The molecular weight excluding hydrogens is 317 g/mol. The third-order valence-electron chi connectivity index (χ3n) is 3.84. The van der Waals surface area contributed by atoms with Crippen molar-refractivity contribution in [1.82, 2.24) is 4.31 Å². The first kappa shape index (κ1) is 16.0. The Morgan fingerprint density at radius 3 is 2.43 bits per heavy atom. The Morgan fingerprint density at radius 1 is 1.04 bits per heavy atom. The zero-order valence-electron chi connectivity index (χ0n) is 12.6. The molecule has 122 valence electrons. The number of ether oxygens (including phenoxy) is 1. The standard InChI is InChI=1S/C17H18FNO3S/c18-14-8-10-17(11-9-14)23(20,21)19-12-4-7-16(13-19)22-15-5-2-1-3-6-15/h1-3,5-6,8-11,16H,4,7,12-13H2. The second kappa shape index (κ2) is 6.68. The minimum atomic E-state index is -3.62. The Balaban J connectivity index is 1.74. The van der Waals surface area contributed by atoms with Crippen molar-refractivity contribution in [1.29, 1.82) is 0 Å². The average Bonchev–Trinajstić information content (AvgIpc) is 2.56. The van der Waals surface area contributed by atoms with Gasteiger partial charge < -0.3 is 4.74 Å². The predicted octanol–water partition coefficient (Wildman–Crippen LogP) is 3.06. The largest absolute Gasteiger partial charge is 0.489 e. The molecule has 6 heteroatoms. The fraction of sp³-hybridized carbons (Fsp3) is 0.294. The molecule has 0 aliphatic carbocycles. The average molecular weight is 335 g/mol. The fourth-order valence-corrected chi connectivity index (χ4v) is 4.18. The van der Waals surface area contributed by atoms with E-state index in [0.717, 1.165) is 30.7 Å². The number of sulfonamides is 1. The summed E-state index contributed by atoms with van der Waals surface area (Å²) in [6.07, 6.45) is 1.36. The highest BCUT2D eigenvalue weighted by molar-refractivity contribution is 7.89. The molecule has 1 fully saturated rings. The molecule has 2 aromatic rings. The first-order valence-electron chi connectivity index (χ1n) is 7.53. The van der Waals surface area contributed by atoms with Gasteiger partial charge >= 0.3 is 0 Å². The van der Waals surface area contributed by atoms with Gasteiger partial charge in [-0.25, -0.2) is 12.8 Å². The van der Waals surface area contributed by atoms with Crippen LogP contribution in [0.3, 0.4) is 0 Å². The van der Waals surface area contributed by atoms with E-state index in [1.807, 2.05) is 30.3 Å². The van der Waals surface area contributed by atoms with Crippen LogP contribution < -0.4 is 4.74 Å². The van der Waals surface area contributed by atoms with Crippen molar-refractivity contribution in [3.05, 3.63) is 60.4 Å². The second-order valence-corrected chi connectivity index (χ2v) is 7.45. The van der Waals surface area contributed by atoms with Gasteiger partial charge in [0.2, 0.25) is 10.0 Å². The molecule has 0 amide bonds. The van der Waals surface area contributed by atoms with Crippen LogP contribution in [0.5, 0.6) is 5.75 Å². The molecule has 1 aliphatic heterocycles. The summed E-state index contributed by atoms with van der Waals surface area (Å²) in [5.41, 5.74) is 0. The summed E-state index contributed by atoms with van der Waals surface area (Å²) in [6, 6.07) is 14.3. The molecule has 0 saturated carbocycles. The Labute approximate surface area is 135 Å². The number of nitrogens with zero attached hydrogens (tertiary/aromatic N) is 1. The Morgan fingerprint density at radius 2 is 1.74 bits per heavy atom. The lowest BCUT2D eigenvalue weighted by atomic mass is 10.1. The minimum absolute atomic E-state index is 0.110. The molecule has 0 bridgehead atoms. The van der Waals surface area contributed by atoms with E-state index in [-0.39, 0.29) is 11.0 Å². The third-order valence-corrected chi connectivity index (χ3v) is 5.72. The number of hydrogen-bond acceptors (Lipinski definition) is 3. The first-order valence-corrected chi connectivity index (χ1v) is 8.97. The molecule has 1 unspecified atom stereocenters. The van der Waals surface area contributed by atoms with Crippen molar-refractivity contribution in [3.8, 4) is 5.75 Å². The number of halogens is 1. The van der Waals surface area contributed by atoms with Crippen LogP contribution in [-0.4, -0.2) is 31.9 Å². The molecule has 3 rings (SSSR count). The lowest BCUT2D eigenvalue weighted by molar-refractivity contribution is 0.130. The second-order valence-electron chi connectivity index (χ2n) is 5.51. The van der Waals surface area contributed by atoms with Gasteiger partial charge in [0.05, 0.1) is 11.4 Å². The molecular formula is C17H18FNO3S. The maximum atomic E-state index is 13.0. The monoisotopic (exact) mass is 335 g/mol. The highest BCUT2D eigenvalue weighted by atomic mass is 32.2. The van der Waals surface area contributed by atoms with Crippen LogP contribution in [0, 0.1) is 5.82 Å². The van der Waals surface area contributed by atoms with Crippen LogP contribution in [0.15, 0.2) is 59.5 Å². The van der Waals surface area contributed by atoms with Gasteiger partial charge in [-0.15, -0.1) is 0 Å². The van der Waals surface area contributed by atoms with E-state index in [9.17, 15) is 12.8 Å². The first-order chi connectivity index (χ1) is 11.1. The molecule has 1 aliphatic rings. The van der Waals surface area contributed by atoms with Crippen molar-refractivity contribution in [2.45, 2.75) is 23.8 Å². The summed E-state index contributed by atoms with van der Waals surface area (Å²) >= 11 is 0. The van der Waals surface area contributed by atoms with Gasteiger partial charge in [0.1, 0.15) is 17.7 Å². The Bertz CT molecular complexity index is 747. The molecule has 0 N–H and O–H groups in total. The summed E-state index contributed by atoms with van der Waals surface area (Å²) in [6.45, 7) is 0.753. The van der Waals surface area contributed by atoms with E-state index in [1.54, 1.807) is 0 Å².